The molecule has 2 heterocycles. The van der Waals surface area contributed by atoms with Gasteiger partial charge in [-0.15, -0.1) is 12.6 Å². The highest BCUT2D eigenvalue weighted by atomic mass is 32.1. The molecule has 4 atom stereocenters. The van der Waals surface area contributed by atoms with Crippen LogP contribution >= 0.6 is 12.6 Å². The summed E-state index contributed by atoms with van der Waals surface area (Å²) in [5.41, 5.74) is 4.51. The Morgan fingerprint density at radius 1 is 1.15 bits per heavy atom. The molecule has 34 heavy (non-hydrogen) atoms. The van der Waals surface area contributed by atoms with E-state index in [9.17, 15) is 19.5 Å². The summed E-state index contributed by atoms with van der Waals surface area (Å²) in [6.07, 6.45) is 0.0237. The third-order valence-electron chi connectivity index (χ3n) is 5.90. The fourth-order valence-electron chi connectivity index (χ4n) is 3.78. The number of carbonyl (C=O) groups excluding carboxylic acids is 3. The van der Waals surface area contributed by atoms with Crippen molar-refractivity contribution in [1.82, 2.24) is 26.1 Å². The first kappa shape index (κ1) is 25.9. The van der Waals surface area contributed by atoms with Gasteiger partial charge in [0, 0.05) is 16.8 Å². The van der Waals surface area contributed by atoms with Crippen molar-refractivity contribution in [3.05, 3.63) is 36.0 Å². The number of hydrazine groups is 1. The summed E-state index contributed by atoms with van der Waals surface area (Å²) in [4.78, 5) is 43.3. The molecular formula is C24H33N5O4S. The Bertz CT molecular complexity index is 1060. The van der Waals surface area contributed by atoms with Gasteiger partial charge in [0.25, 0.3) is 5.91 Å². The van der Waals surface area contributed by atoms with Crippen LogP contribution in [0.1, 0.15) is 52.3 Å². The fourth-order valence-corrected chi connectivity index (χ4v) is 3.98. The lowest BCUT2D eigenvalue weighted by atomic mass is 10.1. The molecule has 0 spiro atoms. The molecule has 1 saturated heterocycles. The molecule has 0 radical (unpaired) electrons. The average molecular weight is 488 g/mol. The zero-order chi connectivity index (χ0) is 25.0. The average Bonchev–Trinajstić information content (AvgIpc) is 2.82. The van der Waals surface area contributed by atoms with E-state index in [0.29, 0.717) is 19.4 Å². The smallest absolute Gasteiger partial charge is 0.258 e. The van der Waals surface area contributed by atoms with Crippen molar-refractivity contribution in [2.24, 2.45) is 5.92 Å². The number of hydrogen-bond acceptors (Lipinski definition) is 7. The molecule has 1 aromatic carbocycles. The number of nitrogens with zero attached hydrogens (tertiary/aromatic N) is 2. The zero-order valence-electron chi connectivity index (χ0n) is 19.9. The van der Waals surface area contributed by atoms with Crippen LogP contribution in [0.25, 0.3) is 10.9 Å². The van der Waals surface area contributed by atoms with Crippen molar-refractivity contribution in [3.63, 3.8) is 0 Å². The maximum absolute atomic E-state index is 12.9. The summed E-state index contributed by atoms with van der Waals surface area (Å²) < 4.78 is 0. The van der Waals surface area contributed by atoms with Crippen molar-refractivity contribution in [2.45, 2.75) is 69.7 Å². The first-order valence-electron chi connectivity index (χ1n) is 11.5. The van der Waals surface area contributed by atoms with Gasteiger partial charge in [-0.25, -0.2) is 5.43 Å². The third-order valence-corrected chi connectivity index (χ3v) is 6.18. The standard InChI is InChI=1S/C24H33N5O4S/c1-13(2)21(30)23(32)26-15(4)24(33)29-11-5-6-19(28-29)22(31)25-14(3)18-10-8-16-7-9-17(34)12-20(16)27-18/h7-10,12-15,19,21,28,30,34H,5-6,11H2,1-4H3,(H,25,31)(H,26,32)/t14-,15+,19+,21+/m1/s1. The predicted octanol–water partition coefficient (Wildman–Crippen LogP) is 1.72. The summed E-state index contributed by atoms with van der Waals surface area (Å²) in [5.74, 6) is -1.46. The van der Waals surface area contributed by atoms with E-state index in [1.165, 1.54) is 5.01 Å². The van der Waals surface area contributed by atoms with Crippen molar-refractivity contribution in [1.29, 1.82) is 0 Å². The molecule has 1 fully saturated rings. The lowest BCUT2D eigenvalue weighted by Gasteiger charge is -2.35. The SMILES string of the molecule is CC(C)[C@H](O)C(=O)N[C@@H](C)C(=O)N1CCC[C@@H](C(=O)N[C@H](C)c2ccc3ccc(S)cc3n2)N1. The van der Waals surface area contributed by atoms with Gasteiger partial charge in [0.15, 0.2) is 0 Å². The largest absolute Gasteiger partial charge is 0.383 e. The Balaban J connectivity index is 1.59. The predicted molar refractivity (Wildman–Crippen MR) is 132 cm³/mol. The van der Waals surface area contributed by atoms with E-state index in [1.807, 2.05) is 37.3 Å². The van der Waals surface area contributed by atoms with E-state index in [4.69, 9.17) is 0 Å². The van der Waals surface area contributed by atoms with E-state index in [0.717, 1.165) is 21.5 Å². The van der Waals surface area contributed by atoms with Gasteiger partial charge >= 0.3 is 0 Å². The maximum atomic E-state index is 12.9. The molecule has 0 saturated carbocycles. The van der Waals surface area contributed by atoms with Crippen molar-refractivity contribution in [2.75, 3.05) is 6.54 Å². The van der Waals surface area contributed by atoms with Crippen LogP contribution in [0.4, 0.5) is 0 Å². The van der Waals surface area contributed by atoms with Gasteiger partial charge in [0.05, 0.1) is 17.3 Å². The van der Waals surface area contributed by atoms with Gasteiger partial charge in [-0.3, -0.25) is 24.4 Å². The third kappa shape index (κ3) is 6.25. The molecule has 184 valence electrons. The molecule has 9 nitrogen and oxygen atoms in total. The highest BCUT2D eigenvalue weighted by Gasteiger charge is 2.32. The second-order valence-electron chi connectivity index (χ2n) is 9.08. The number of aliphatic hydroxyl groups is 1. The number of thiol groups is 1. The normalized spacial score (nSPS) is 18.9. The summed E-state index contributed by atoms with van der Waals surface area (Å²) in [6, 6.07) is 7.80. The van der Waals surface area contributed by atoms with Crippen molar-refractivity contribution in [3.8, 4) is 0 Å². The number of carbonyl (C=O) groups is 3. The quantitative estimate of drug-likeness (QED) is 0.379. The number of aliphatic hydroxyl groups excluding tert-OH is 1. The first-order valence-corrected chi connectivity index (χ1v) is 12.0. The molecule has 2 aromatic rings. The van der Waals surface area contributed by atoms with Crippen LogP contribution < -0.4 is 16.1 Å². The number of fused-ring (bicyclic) bond motifs is 1. The summed E-state index contributed by atoms with van der Waals surface area (Å²) in [7, 11) is 0. The fraction of sp³-hybridized carbons (Fsp3) is 0.500. The minimum Gasteiger partial charge on any atom is -0.383 e. The molecule has 0 aliphatic carbocycles. The molecular weight excluding hydrogens is 454 g/mol. The maximum Gasteiger partial charge on any atom is 0.258 e. The minimum atomic E-state index is -1.19. The van der Waals surface area contributed by atoms with E-state index in [-0.39, 0.29) is 23.8 Å². The van der Waals surface area contributed by atoms with Crippen LogP contribution in [0.2, 0.25) is 0 Å². The van der Waals surface area contributed by atoms with Crippen LogP contribution in [-0.2, 0) is 14.4 Å². The van der Waals surface area contributed by atoms with E-state index in [2.05, 4.69) is 33.7 Å². The van der Waals surface area contributed by atoms with Gasteiger partial charge in [0.1, 0.15) is 18.2 Å². The molecule has 0 bridgehead atoms. The Labute approximate surface area is 205 Å². The van der Waals surface area contributed by atoms with E-state index in [1.54, 1.807) is 20.8 Å². The second-order valence-corrected chi connectivity index (χ2v) is 9.59. The number of nitrogens with one attached hydrogen (secondary N) is 3. The summed E-state index contributed by atoms with van der Waals surface area (Å²) in [6.45, 7) is 7.28. The highest BCUT2D eigenvalue weighted by molar-refractivity contribution is 7.80. The Morgan fingerprint density at radius 3 is 2.56 bits per heavy atom. The number of benzene rings is 1. The Morgan fingerprint density at radius 2 is 1.85 bits per heavy atom. The van der Waals surface area contributed by atoms with Crippen LogP contribution in [0.3, 0.4) is 0 Å². The molecule has 0 unspecified atom stereocenters. The van der Waals surface area contributed by atoms with Gasteiger partial charge in [-0.1, -0.05) is 26.0 Å². The molecule has 3 amide bonds. The lowest BCUT2D eigenvalue weighted by Crippen LogP contribution is -2.61. The summed E-state index contributed by atoms with van der Waals surface area (Å²) >= 11 is 4.36. The Kier molecular flexibility index (Phi) is 8.51. The molecule has 10 heteroatoms. The number of rotatable bonds is 7. The van der Waals surface area contributed by atoms with Crippen LogP contribution in [-0.4, -0.2) is 57.6 Å². The monoisotopic (exact) mass is 487 g/mol. The van der Waals surface area contributed by atoms with Crippen LogP contribution in [0.5, 0.6) is 0 Å². The molecule has 3 rings (SSSR count). The number of aromatic nitrogens is 1. The van der Waals surface area contributed by atoms with E-state index >= 15 is 0 Å². The lowest BCUT2D eigenvalue weighted by molar-refractivity contribution is -0.144. The number of hydrogen-bond donors (Lipinski definition) is 5. The Hall–Kier alpha value is -2.69. The van der Waals surface area contributed by atoms with E-state index < -0.39 is 24.1 Å². The molecule has 1 aliphatic rings. The summed E-state index contributed by atoms with van der Waals surface area (Å²) in [5, 5.41) is 17.8. The zero-order valence-corrected chi connectivity index (χ0v) is 20.8. The van der Waals surface area contributed by atoms with Crippen LogP contribution in [0.15, 0.2) is 35.2 Å². The molecule has 1 aromatic heterocycles. The molecule has 1 aliphatic heterocycles. The first-order chi connectivity index (χ1) is 16.1. The minimum absolute atomic E-state index is 0.234. The number of amides is 3. The van der Waals surface area contributed by atoms with Crippen molar-refractivity contribution < 1.29 is 19.5 Å². The number of pyridine rings is 1. The van der Waals surface area contributed by atoms with Crippen LogP contribution in [0, 0.1) is 5.92 Å². The van der Waals surface area contributed by atoms with Crippen molar-refractivity contribution >= 4 is 41.3 Å². The van der Waals surface area contributed by atoms with Gasteiger partial charge in [-0.05, 0) is 50.8 Å². The van der Waals surface area contributed by atoms with Gasteiger partial charge in [0.2, 0.25) is 11.8 Å². The van der Waals surface area contributed by atoms with Gasteiger partial charge in [-0.2, -0.15) is 0 Å². The second kappa shape index (κ2) is 11.2. The molecule has 4 N–H and O–H groups in total. The topological polar surface area (TPSA) is 124 Å². The highest BCUT2D eigenvalue weighted by Crippen LogP contribution is 2.20. The van der Waals surface area contributed by atoms with Gasteiger partial charge < -0.3 is 15.7 Å².